The van der Waals surface area contributed by atoms with Crippen LogP contribution in [0.4, 0.5) is 5.69 Å². The molecule has 0 saturated carbocycles. The zero-order valence-electron chi connectivity index (χ0n) is 10.1. The molecular weight excluding hydrogens is 254 g/mol. The number of carbonyl (C=O) groups is 1. The monoisotopic (exact) mass is 267 g/mol. The molecule has 1 fully saturated rings. The summed E-state index contributed by atoms with van der Waals surface area (Å²) in [6.45, 7) is 1.74. The third kappa shape index (κ3) is 3.19. The number of hydrogen-bond acceptors (Lipinski definition) is 5. The molecule has 1 saturated heterocycles. The van der Waals surface area contributed by atoms with Crippen LogP contribution in [0.5, 0.6) is 5.75 Å². The van der Waals surface area contributed by atoms with Crippen molar-refractivity contribution in [1.29, 1.82) is 0 Å². The van der Waals surface area contributed by atoms with Gasteiger partial charge in [-0.2, -0.15) is 0 Å². The van der Waals surface area contributed by atoms with Gasteiger partial charge in [0.05, 0.1) is 18.1 Å². The second kappa shape index (κ2) is 5.66. The van der Waals surface area contributed by atoms with Gasteiger partial charge in [0.25, 0.3) is 5.69 Å². The summed E-state index contributed by atoms with van der Waals surface area (Å²) in [5, 5.41) is 19.6. The maximum atomic E-state index is 11.0. The van der Waals surface area contributed by atoms with Crippen LogP contribution in [0.15, 0.2) is 18.2 Å². The number of nitrogens with zero attached hydrogens (tertiary/aromatic N) is 1. The van der Waals surface area contributed by atoms with Crippen LogP contribution in [0.3, 0.4) is 0 Å². The predicted octanol–water partition coefficient (Wildman–Crippen LogP) is 1.71. The highest BCUT2D eigenvalue weighted by atomic mass is 16.6. The molecule has 19 heavy (non-hydrogen) atoms. The number of carboxylic acids is 1. The number of nitro groups is 1. The first-order chi connectivity index (χ1) is 9.08. The van der Waals surface area contributed by atoms with E-state index in [-0.39, 0.29) is 11.5 Å². The van der Waals surface area contributed by atoms with Crippen LogP contribution in [-0.4, -0.2) is 35.8 Å². The summed E-state index contributed by atoms with van der Waals surface area (Å²) in [6.07, 6.45) is 0.902. The molecule has 1 unspecified atom stereocenters. The first-order valence-corrected chi connectivity index (χ1v) is 5.80. The average Bonchev–Trinajstić information content (AvgIpc) is 2.88. The lowest BCUT2D eigenvalue weighted by molar-refractivity contribution is -0.385. The Bertz CT molecular complexity index is 495. The Morgan fingerprint density at radius 1 is 1.58 bits per heavy atom. The Labute approximate surface area is 108 Å². The number of aromatic carboxylic acids is 1. The minimum Gasteiger partial charge on any atom is -0.493 e. The van der Waals surface area contributed by atoms with Gasteiger partial charge >= 0.3 is 5.97 Å². The largest absolute Gasteiger partial charge is 0.493 e. The van der Waals surface area contributed by atoms with Crippen molar-refractivity contribution in [2.75, 3.05) is 19.8 Å². The lowest BCUT2D eigenvalue weighted by atomic mass is 10.1. The van der Waals surface area contributed by atoms with Crippen LogP contribution in [-0.2, 0) is 4.74 Å². The zero-order valence-corrected chi connectivity index (χ0v) is 10.1. The molecule has 0 aliphatic carbocycles. The molecule has 2 rings (SSSR count). The fraction of sp³-hybridized carbons (Fsp3) is 0.417. The average molecular weight is 267 g/mol. The molecule has 1 atom stereocenters. The van der Waals surface area contributed by atoms with Crippen LogP contribution in [0.25, 0.3) is 0 Å². The van der Waals surface area contributed by atoms with E-state index >= 15 is 0 Å². The molecule has 1 aromatic carbocycles. The van der Waals surface area contributed by atoms with Crippen molar-refractivity contribution in [1.82, 2.24) is 0 Å². The number of ether oxygens (including phenoxy) is 2. The van der Waals surface area contributed by atoms with Gasteiger partial charge in [-0.3, -0.25) is 10.1 Å². The van der Waals surface area contributed by atoms with Gasteiger partial charge in [-0.25, -0.2) is 4.79 Å². The smallest absolute Gasteiger partial charge is 0.342 e. The summed E-state index contributed by atoms with van der Waals surface area (Å²) in [5.74, 6) is -0.750. The molecule has 0 aromatic heterocycles. The molecule has 1 N–H and O–H groups in total. The topological polar surface area (TPSA) is 98.9 Å². The van der Waals surface area contributed by atoms with Crippen LogP contribution < -0.4 is 4.74 Å². The first kappa shape index (κ1) is 13.3. The summed E-state index contributed by atoms with van der Waals surface area (Å²) in [6, 6.07) is 3.72. The van der Waals surface area contributed by atoms with Crippen LogP contribution >= 0.6 is 0 Å². The van der Waals surface area contributed by atoms with Gasteiger partial charge in [0.15, 0.2) is 0 Å². The van der Waals surface area contributed by atoms with Crippen molar-refractivity contribution in [2.45, 2.75) is 6.42 Å². The van der Waals surface area contributed by atoms with E-state index < -0.39 is 16.6 Å². The maximum absolute atomic E-state index is 11.0. The predicted molar refractivity (Wildman–Crippen MR) is 64.5 cm³/mol. The second-order valence-electron chi connectivity index (χ2n) is 4.28. The van der Waals surface area contributed by atoms with Gasteiger partial charge in [-0.15, -0.1) is 0 Å². The Balaban J connectivity index is 2.11. The molecule has 7 heteroatoms. The highest BCUT2D eigenvalue weighted by Gasteiger charge is 2.21. The second-order valence-corrected chi connectivity index (χ2v) is 4.28. The third-order valence-corrected chi connectivity index (χ3v) is 2.90. The van der Waals surface area contributed by atoms with E-state index in [1.54, 1.807) is 0 Å². The number of nitro benzene ring substituents is 1. The van der Waals surface area contributed by atoms with Crippen molar-refractivity contribution < 1.29 is 24.3 Å². The van der Waals surface area contributed by atoms with E-state index in [2.05, 4.69) is 0 Å². The van der Waals surface area contributed by atoms with Crippen molar-refractivity contribution in [3.8, 4) is 5.75 Å². The summed E-state index contributed by atoms with van der Waals surface area (Å²) in [7, 11) is 0. The highest BCUT2D eigenvalue weighted by Crippen LogP contribution is 2.25. The van der Waals surface area contributed by atoms with E-state index in [0.717, 1.165) is 12.5 Å². The Morgan fingerprint density at radius 2 is 2.37 bits per heavy atom. The number of benzene rings is 1. The van der Waals surface area contributed by atoms with Gasteiger partial charge in [0.2, 0.25) is 0 Å². The fourth-order valence-electron chi connectivity index (χ4n) is 1.86. The molecule has 102 valence electrons. The van der Waals surface area contributed by atoms with Crippen molar-refractivity contribution in [3.63, 3.8) is 0 Å². The molecule has 0 spiro atoms. The molecule has 1 aliphatic rings. The van der Waals surface area contributed by atoms with Crippen molar-refractivity contribution in [3.05, 3.63) is 33.9 Å². The molecule has 0 amide bonds. The zero-order chi connectivity index (χ0) is 13.8. The van der Waals surface area contributed by atoms with Gasteiger partial charge in [-0.05, 0) is 12.5 Å². The lowest BCUT2D eigenvalue weighted by Gasteiger charge is -2.10. The number of rotatable bonds is 5. The molecule has 1 aliphatic heterocycles. The van der Waals surface area contributed by atoms with Gasteiger partial charge in [-0.1, -0.05) is 0 Å². The van der Waals surface area contributed by atoms with Crippen molar-refractivity contribution >= 4 is 11.7 Å². The van der Waals surface area contributed by atoms with E-state index in [1.165, 1.54) is 12.1 Å². The van der Waals surface area contributed by atoms with Gasteiger partial charge < -0.3 is 14.6 Å². The Hall–Kier alpha value is -2.15. The van der Waals surface area contributed by atoms with E-state index in [0.29, 0.717) is 25.6 Å². The SMILES string of the molecule is O=C(O)c1cc(OCC2CCOC2)ccc1[N+](=O)[O-]. The van der Waals surface area contributed by atoms with Crippen LogP contribution in [0.1, 0.15) is 16.8 Å². The summed E-state index contributed by atoms with van der Waals surface area (Å²) in [5.41, 5.74) is -0.811. The standard InChI is InChI=1S/C12H13NO6/c14-12(15)10-5-9(1-2-11(10)13(16)17)19-7-8-3-4-18-6-8/h1-2,5,8H,3-4,6-7H2,(H,14,15). The van der Waals surface area contributed by atoms with Gasteiger partial charge in [0.1, 0.15) is 11.3 Å². The Kier molecular flexibility index (Phi) is 3.96. The molecule has 0 bridgehead atoms. The van der Waals surface area contributed by atoms with Gasteiger partial charge in [0, 0.05) is 24.7 Å². The third-order valence-electron chi connectivity index (χ3n) is 2.90. The molecule has 1 heterocycles. The summed E-state index contributed by atoms with van der Waals surface area (Å²) >= 11 is 0. The van der Waals surface area contributed by atoms with Crippen molar-refractivity contribution in [2.24, 2.45) is 5.92 Å². The van der Waals surface area contributed by atoms with Crippen LogP contribution in [0, 0.1) is 16.0 Å². The fourth-order valence-corrected chi connectivity index (χ4v) is 1.86. The van der Waals surface area contributed by atoms with Crippen LogP contribution in [0.2, 0.25) is 0 Å². The lowest BCUT2D eigenvalue weighted by Crippen LogP contribution is -2.12. The minimum absolute atomic E-state index is 0.281. The number of hydrogen-bond donors (Lipinski definition) is 1. The molecule has 1 aromatic rings. The highest BCUT2D eigenvalue weighted by molar-refractivity contribution is 5.92. The molecule has 7 nitrogen and oxygen atoms in total. The number of carboxylic acid groups (broad SMARTS) is 1. The minimum atomic E-state index is -1.35. The summed E-state index contributed by atoms with van der Waals surface area (Å²) < 4.78 is 10.6. The molecule has 0 radical (unpaired) electrons. The maximum Gasteiger partial charge on any atom is 0.342 e. The van der Waals surface area contributed by atoms with E-state index in [9.17, 15) is 14.9 Å². The quantitative estimate of drug-likeness (QED) is 0.644. The van der Waals surface area contributed by atoms with E-state index in [4.69, 9.17) is 14.6 Å². The molecular formula is C12H13NO6. The summed E-state index contributed by atoms with van der Waals surface area (Å²) in [4.78, 5) is 20.9. The Morgan fingerprint density at radius 3 is 2.95 bits per heavy atom. The normalized spacial score (nSPS) is 18.2. The van der Waals surface area contributed by atoms with E-state index in [1.807, 2.05) is 0 Å². The first-order valence-electron chi connectivity index (χ1n) is 5.80.